The predicted molar refractivity (Wildman–Crippen MR) is 52.0 cm³/mol. The van der Waals surface area contributed by atoms with Crippen molar-refractivity contribution in [1.29, 1.82) is 0 Å². The maximum absolute atomic E-state index is 12.1. The molecule has 0 bridgehead atoms. The molecule has 2 aliphatic rings. The number of aliphatic imine (C=N–C) groups is 2. The summed E-state index contributed by atoms with van der Waals surface area (Å²) in [4.78, 5) is 8.81. The van der Waals surface area contributed by atoms with E-state index in [0.717, 1.165) is 6.08 Å². The first-order valence-electron chi connectivity index (χ1n) is 3.72. The van der Waals surface area contributed by atoms with E-state index in [1.165, 1.54) is 6.20 Å². The Morgan fingerprint density at radius 3 is 2.71 bits per heavy atom. The number of guanidine groups is 1. The molecule has 0 aromatic rings. The summed E-state index contributed by atoms with van der Waals surface area (Å²) >= 11 is 0. The number of rotatable bonds is 0. The summed E-state index contributed by atoms with van der Waals surface area (Å²) in [6, 6.07) is 0. The van der Waals surface area contributed by atoms with Gasteiger partial charge in [-0.15, -0.1) is 17.0 Å². The van der Waals surface area contributed by atoms with E-state index in [2.05, 4.69) is 9.98 Å². The SMILES string of the molecule is Br.FC(F)(F)C1=NC2=NCCN2C=C1. The molecule has 14 heavy (non-hydrogen) atoms. The molecule has 7 heteroatoms. The third kappa shape index (κ3) is 1.97. The third-order valence-corrected chi connectivity index (χ3v) is 1.77. The molecule has 78 valence electrons. The molecule has 0 aromatic carbocycles. The Balaban J connectivity index is 0.000000980. The molecule has 0 atom stereocenters. The Morgan fingerprint density at radius 2 is 2.07 bits per heavy atom. The first-order valence-corrected chi connectivity index (χ1v) is 3.72. The minimum atomic E-state index is -4.38. The fraction of sp³-hybridized carbons (Fsp3) is 0.429. The maximum atomic E-state index is 12.1. The smallest absolute Gasteiger partial charge is 0.316 e. The van der Waals surface area contributed by atoms with E-state index in [0.29, 0.717) is 13.1 Å². The Labute approximate surface area is 88.8 Å². The third-order valence-electron chi connectivity index (χ3n) is 1.77. The van der Waals surface area contributed by atoms with Gasteiger partial charge in [-0.1, -0.05) is 0 Å². The van der Waals surface area contributed by atoms with Crippen molar-refractivity contribution >= 4 is 28.7 Å². The van der Waals surface area contributed by atoms with E-state index in [9.17, 15) is 13.2 Å². The summed E-state index contributed by atoms with van der Waals surface area (Å²) in [6.45, 7) is 1.12. The van der Waals surface area contributed by atoms with Gasteiger partial charge in [-0.05, 0) is 6.08 Å². The number of allylic oxidation sites excluding steroid dienone is 1. The molecule has 0 saturated heterocycles. The van der Waals surface area contributed by atoms with E-state index >= 15 is 0 Å². The van der Waals surface area contributed by atoms with Gasteiger partial charge in [-0.2, -0.15) is 13.2 Å². The van der Waals surface area contributed by atoms with Gasteiger partial charge in [-0.3, -0.25) is 0 Å². The van der Waals surface area contributed by atoms with Gasteiger partial charge in [0.15, 0.2) is 0 Å². The highest BCUT2D eigenvalue weighted by Gasteiger charge is 2.36. The van der Waals surface area contributed by atoms with Crippen LogP contribution in [0.4, 0.5) is 13.2 Å². The van der Waals surface area contributed by atoms with Crippen LogP contribution in [0.25, 0.3) is 0 Å². The van der Waals surface area contributed by atoms with Gasteiger partial charge in [-0.25, -0.2) is 9.98 Å². The summed E-state index contributed by atoms with van der Waals surface area (Å²) in [6.07, 6.45) is -2.06. The lowest BCUT2D eigenvalue weighted by atomic mass is 10.3. The molecular formula is C7H7BrF3N3. The van der Waals surface area contributed by atoms with Crippen molar-refractivity contribution in [2.75, 3.05) is 13.1 Å². The van der Waals surface area contributed by atoms with Crippen molar-refractivity contribution in [3.8, 4) is 0 Å². The predicted octanol–water partition coefficient (Wildman–Crippen LogP) is 1.77. The number of hydrogen-bond acceptors (Lipinski definition) is 3. The van der Waals surface area contributed by atoms with Crippen LogP contribution in [0.2, 0.25) is 0 Å². The molecule has 2 heterocycles. The highest BCUT2D eigenvalue weighted by Crippen LogP contribution is 2.21. The van der Waals surface area contributed by atoms with E-state index in [1.54, 1.807) is 4.90 Å². The minimum absolute atomic E-state index is 0. The molecule has 0 radical (unpaired) electrons. The maximum Gasteiger partial charge on any atom is 0.433 e. The first kappa shape index (κ1) is 11.2. The molecule has 0 aromatic heterocycles. The summed E-state index contributed by atoms with van der Waals surface area (Å²) in [7, 11) is 0. The number of nitrogens with zero attached hydrogens (tertiary/aromatic N) is 3. The number of fused-ring (bicyclic) bond motifs is 1. The van der Waals surface area contributed by atoms with Gasteiger partial charge in [0.1, 0.15) is 5.71 Å². The summed E-state index contributed by atoms with van der Waals surface area (Å²) < 4.78 is 36.4. The normalized spacial score (nSPS) is 19.8. The van der Waals surface area contributed by atoms with Crippen LogP contribution in [-0.4, -0.2) is 35.8 Å². The molecule has 0 saturated carbocycles. The van der Waals surface area contributed by atoms with Crippen molar-refractivity contribution < 1.29 is 13.2 Å². The zero-order valence-corrected chi connectivity index (χ0v) is 8.67. The van der Waals surface area contributed by atoms with Crippen molar-refractivity contribution in [2.45, 2.75) is 6.18 Å². The lowest BCUT2D eigenvalue weighted by molar-refractivity contribution is -0.0577. The molecule has 0 fully saturated rings. The zero-order chi connectivity index (χ0) is 9.47. The minimum Gasteiger partial charge on any atom is -0.316 e. The van der Waals surface area contributed by atoms with Gasteiger partial charge < -0.3 is 4.90 Å². The Hall–Kier alpha value is -0.850. The fourth-order valence-corrected chi connectivity index (χ4v) is 1.15. The largest absolute Gasteiger partial charge is 0.433 e. The second-order valence-corrected chi connectivity index (χ2v) is 2.69. The van der Waals surface area contributed by atoms with Crippen LogP contribution in [-0.2, 0) is 0 Å². The van der Waals surface area contributed by atoms with Gasteiger partial charge in [0, 0.05) is 12.7 Å². The number of alkyl halides is 3. The van der Waals surface area contributed by atoms with Gasteiger partial charge in [0.2, 0.25) is 5.96 Å². The molecule has 0 amide bonds. The number of hydrogen-bond donors (Lipinski definition) is 0. The molecule has 0 spiro atoms. The van der Waals surface area contributed by atoms with Crippen LogP contribution < -0.4 is 0 Å². The molecule has 0 unspecified atom stereocenters. The summed E-state index contributed by atoms with van der Waals surface area (Å²) in [5.41, 5.74) is -0.885. The Morgan fingerprint density at radius 1 is 1.36 bits per heavy atom. The van der Waals surface area contributed by atoms with Crippen molar-refractivity contribution in [3.05, 3.63) is 12.3 Å². The van der Waals surface area contributed by atoms with Crippen LogP contribution in [0.1, 0.15) is 0 Å². The lowest BCUT2D eigenvalue weighted by Gasteiger charge is -2.17. The Bertz CT molecular complexity index is 319. The van der Waals surface area contributed by atoms with Crippen LogP contribution >= 0.6 is 17.0 Å². The molecular weight excluding hydrogens is 263 g/mol. The molecule has 2 aliphatic heterocycles. The average molecular weight is 270 g/mol. The van der Waals surface area contributed by atoms with E-state index < -0.39 is 11.9 Å². The average Bonchev–Trinajstić information content (AvgIpc) is 2.47. The molecule has 0 N–H and O–H groups in total. The number of halogens is 4. The lowest BCUT2D eigenvalue weighted by Crippen LogP contribution is -2.30. The van der Waals surface area contributed by atoms with Crippen molar-refractivity contribution in [1.82, 2.24) is 4.90 Å². The summed E-state index contributed by atoms with van der Waals surface area (Å²) in [5, 5.41) is 0. The van der Waals surface area contributed by atoms with Crippen LogP contribution in [0.5, 0.6) is 0 Å². The molecule has 2 rings (SSSR count). The second-order valence-electron chi connectivity index (χ2n) is 2.69. The monoisotopic (exact) mass is 269 g/mol. The molecule has 0 aliphatic carbocycles. The van der Waals surface area contributed by atoms with Crippen molar-refractivity contribution in [3.63, 3.8) is 0 Å². The molecule has 3 nitrogen and oxygen atoms in total. The van der Waals surface area contributed by atoms with Crippen LogP contribution in [0.15, 0.2) is 22.3 Å². The van der Waals surface area contributed by atoms with Gasteiger partial charge in [0.25, 0.3) is 0 Å². The van der Waals surface area contributed by atoms with Crippen LogP contribution in [0, 0.1) is 0 Å². The quantitative estimate of drug-likeness (QED) is 0.659. The van der Waals surface area contributed by atoms with Gasteiger partial charge >= 0.3 is 6.18 Å². The van der Waals surface area contributed by atoms with Gasteiger partial charge in [0.05, 0.1) is 6.54 Å². The van der Waals surface area contributed by atoms with E-state index in [4.69, 9.17) is 0 Å². The topological polar surface area (TPSA) is 28.0 Å². The first-order chi connectivity index (χ1) is 6.07. The van der Waals surface area contributed by atoms with E-state index in [-0.39, 0.29) is 22.9 Å². The fourth-order valence-electron chi connectivity index (χ4n) is 1.15. The standard InChI is InChI=1S/C7H6F3N3.BrH/c8-7(9,10)5-1-3-13-4-2-11-6(13)12-5;/h1,3H,2,4H2;1H. The zero-order valence-electron chi connectivity index (χ0n) is 6.95. The highest BCUT2D eigenvalue weighted by atomic mass is 79.9. The summed E-state index contributed by atoms with van der Waals surface area (Å²) in [5.74, 6) is 0.162. The highest BCUT2D eigenvalue weighted by molar-refractivity contribution is 8.93. The van der Waals surface area contributed by atoms with E-state index in [1.807, 2.05) is 0 Å². The second kappa shape index (κ2) is 3.72. The van der Waals surface area contributed by atoms with Crippen LogP contribution in [0.3, 0.4) is 0 Å². The Kier molecular flexibility index (Phi) is 2.98. The van der Waals surface area contributed by atoms with Crippen molar-refractivity contribution in [2.24, 2.45) is 9.98 Å².